The molecule has 1 aliphatic rings. The van der Waals surface area contributed by atoms with Crippen LogP contribution in [0, 0.1) is 0 Å². The number of benzene rings is 2. The van der Waals surface area contributed by atoms with Crippen molar-refractivity contribution < 1.29 is 9.53 Å². The fourth-order valence-corrected chi connectivity index (χ4v) is 4.13. The molecule has 4 rings (SSSR count). The van der Waals surface area contributed by atoms with Crippen LogP contribution in [0.5, 0.6) is 5.75 Å². The Morgan fingerprint density at radius 2 is 1.74 bits per heavy atom. The number of carbonyl (C=O) groups excluding carboxylic acids is 1. The van der Waals surface area contributed by atoms with E-state index in [0.29, 0.717) is 9.23 Å². The summed E-state index contributed by atoms with van der Waals surface area (Å²) >= 11 is 6.73. The first-order valence-electron chi connectivity index (χ1n) is 8.31. The smallest absolute Gasteiger partial charge is 0.270 e. The Labute approximate surface area is 167 Å². The van der Waals surface area contributed by atoms with Gasteiger partial charge in [-0.2, -0.15) is 0 Å². The highest BCUT2D eigenvalue weighted by Gasteiger charge is 2.33. The summed E-state index contributed by atoms with van der Waals surface area (Å²) in [6.45, 7) is 0. The summed E-state index contributed by atoms with van der Waals surface area (Å²) in [5.41, 5.74) is 2.76. The van der Waals surface area contributed by atoms with E-state index in [0.717, 1.165) is 22.7 Å². The molecular weight excluding hydrogens is 376 g/mol. The second kappa shape index (κ2) is 7.42. The SMILES string of the molecule is COc1ccc(-n2ccc(/C=C3/SC(=S)N(c4ccccc4)C3=O)c2)cc1. The molecule has 0 bridgehead atoms. The van der Waals surface area contributed by atoms with Crippen molar-refractivity contribution in [2.45, 2.75) is 0 Å². The third-order valence-electron chi connectivity index (χ3n) is 4.19. The lowest BCUT2D eigenvalue weighted by Gasteiger charge is -2.13. The van der Waals surface area contributed by atoms with Gasteiger partial charge in [0.25, 0.3) is 5.91 Å². The maximum atomic E-state index is 12.8. The number of anilines is 1. The molecule has 1 saturated heterocycles. The molecule has 0 saturated carbocycles. The first kappa shape index (κ1) is 17.6. The van der Waals surface area contributed by atoms with Gasteiger partial charge in [-0.1, -0.05) is 42.2 Å². The number of hydrogen-bond acceptors (Lipinski definition) is 4. The van der Waals surface area contributed by atoms with Crippen molar-refractivity contribution in [3.63, 3.8) is 0 Å². The predicted molar refractivity (Wildman–Crippen MR) is 114 cm³/mol. The van der Waals surface area contributed by atoms with Crippen LogP contribution in [-0.2, 0) is 4.79 Å². The Hall–Kier alpha value is -2.83. The minimum atomic E-state index is -0.0894. The van der Waals surface area contributed by atoms with Gasteiger partial charge in [0.05, 0.1) is 17.7 Å². The van der Waals surface area contributed by atoms with E-state index in [-0.39, 0.29) is 5.91 Å². The number of para-hydroxylation sites is 1. The minimum absolute atomic E-state index is 0.0894. The van der Waals surface area contributed by atoms with E-state index in [9.17, 15) is 4.79 Å². The van der Waals surface area contributed by atoms with Crippen molar-refractivity contribution >= 4 is 46.0 Å². The van der Waals surface area contributed by atoms with Gasteiger partial charge < -0.3 is 9.30 Å². The van der Waals surface area contributed by atoms with Crippen LogP contribution in [0.2, 0.25) is 0 Å². The molecule has 1 amide bonds. The third kappa shape index (κ3) is 3.54. The van der Waals surface area contributed by atoms with Crippen LogP contribution in [-0.4, -0.2) is 21.9 Å². The molecule has 1 aromatic heterocycles. The molecule has 4 nitrogen and oxygen atoms in total. The Bertz CT molecular complexity index is 1020. The summed E-state index contributed by atoms with van der Waals surface area (Å²) in [7, 11) is 1.65. The summed E-state index contributed by atoms with van der Waals surface area (Å²) in [4.78, 5) is 15.0. The molecule has 0 radical (unpaired) electrons. The van der Waals surface area contributed by atoms with Crippen LogP contribution in [0.15, 0.2) is 78.0 Å². The Morgan fingerprint density at radius 3 is 2.44 bits per heavy atom. The first-order chi connectivity index (χ1) is 13.2. The van der Waals surface area contributed by atoms with Crippen LogP contribution < -0.4 is 9.64 Å². The molecule has 0 unspecified atom stereocenters. The number of methoxy groups -OCH3 is 1. The van der Waals surface area contributed by atoms with Crippen LogP contribution >= 0.6 is 24.0 Å². The van der Waals surface area contributed by atoms with Gasteiger partial charge in [0.1, 0.15) is 5.75 Å². The number of hydrogen-bond donors (Lipinski definition) is 0. The highest BCUT2D eigenvalue weighted by Crippen LogP contribution is 2.36. The van der Waals surface area contributed by atoms with Crippen LogP contribution in [0.1, 0.15) is 5.56 Å². The second-order valence-corrected chi connectivity index (χ2v) is 7.58. The van der Waals surface area contributed by atoms with E-state index < -0.39 is 0 Å². The first-order valence-corrected chi connectivity index (χ1v) is 9.53. The molecule has 0 spiro atoms. The molecule has 2 aromatic carbocycles. The highest BCUT2D eigenvalue weighted by atomic mass is 32.2. The number of thioether (sulfide) groups is 1. The third-order valence-corrected chi connectivity index (χ3v) is 5.49. The van der Waals surface area contributed by atoms with Crippen LogP contribution in [0.25, 0.3) is 11.8 Å². The summed E-state index contributed by atoms with van der Waals surface area (Å²) in [6.07, 6.45) is 5.82. The number of ether oxygens (including phenoxy) is 1. The van der Waals surface area contributed by atoms with E-state index in [1.54, 1.807) is 12.0 Å². The van der Waals surface area contributed by atoms with Crippen LogP contribution in [0.4, 0.5) is 5.69 Å². The molecule has 1 aliphatic heterocycles. The van der Waals surface area contributed by atoms with Gasteiger partial charge in [0, 0.05) is 18.1 Å². The monoisotopic (exact) mass is 392 g/mol. The lowest BCUT2D eigenvalue weighted by atomic mass is 10.2. The molecule has 3 aromatic rings. The fourth-order valence-electron chi connectivity index (χ4n) is 2.83. The normalized spacial score (nSPS) is 15.6. The topological polar surface area (TPSA) is 34.5 Å². The van der Waals surface area contributed by atoms with E-state index in [2.05, 4.69) is 0 Å². The van der Waals surface area contributed by atoms with Gasteiger partial charge in [0.15, 0.2) is 4.32 Å². The van der Waals surface area contributed by atoms with Gasteiger partial charge in [-0.15, -0.1) is 0 Å². The molecular formula is C21H16N2O2S2. The summed E-state index contributed by atoms with van der Waals surface area (Å²) in [5.74, 6) is 0.726. The number of amides is 1. The van der Waals surface area contributed by atoms with Crippen molar-refractivity contribution in [1.29, 1.82) is 0 Å². The van der Waals surface area contributed by atoms with Crippen molar-refractivity contribution in [3.8, 4) is 11.4 Å². The van der Waals surface area contributed by atoms with Gasteiger partial charge in [-0.3, -0.25) is 9.69 Å². The van der Waals surface area contributed by atoms with E-state index in [4.69, 9.17) is 17.0 Å². The van der Waals surface area contributed by atoms with Gasteiger partial charge in [-0.05, 0) is 54.1 Å². The standard InChI is InChI=1S/C21H16N2O2S2/c1-25-18-9-7-16(8-10-18)22-12-11-15(14-22)13-19-20(24)23(21(26)27-19)17-5-3-2-4-6-17/h2-14H,1H3/b19-13+. The number of rotatable bonds is 4. The molecule has 1 fully saturated rings. The van der Waals surface area contributed by atoms with Crippen molar-refractivity contribution in [1.82, 2.24) is 4.57 Å². The number of nitrogens with zero attached hydrogens (tertiary/aromatic N) is 2. The lowest BCUT2D eigenvalue weighted by molar-refractivity contribution is -0.113. The maximum Gasteiger partial charge on any atom is 0.270 e. The van der Waals surface area contributed by atoms with E-state index in [1.165, 1.54) is 11.8 Å². The van der Waals surface area contributed by atoms with Crippen LogP contribution in [0.3, 0.4) is 0 Å². The average Bonchev–Trinajstić information content (AvgIpc) is 3.27. The summed E-state index contributed by atoms with van der Waals surface area (Å²) < 4.78 is 7.74. The zero-order chi connectivity index (χ0) is 18.8. The van der Waals surface area contributed by atoms with Crippen molar-refractivity contribution in [3.05, 3.63) is 83.5 Å². The average molecular weight is 393 g/mol. The minimum Gasteiger partial charge on any atom is -0.497 e. The number of carbonyl (C=O) groups is 1. The van der Waals surface area contributed by atoms with Crippen molar-refractivity contribution in [2.24, 2.45) is 0 Å². The molecule has 6 heteroatoms. The van der Waals surface area contributed by atoms with E-state index >= 15 is 0 Å². The maximum absolute atomic E-state index is 12.8. The second-order valence-electron chi connectivity index (χ2n) is 5.90. The molecule has 27 heavy (non-hydrogen) atoms. The highest BCUT2D eigenvalue weighted by molar-refractivity contribution is 8.27. The zero-order valence-electron chi connectivity index (χ0n) is 14.5. The largest absolute Gasteiger partial charge is 0.497 e. The quantitative estimate of drug-likeness (QED) is 0.468. The molecule has 0 atom stereocenters. The number of aromatic nitrogens is 1. The molecule has 2 heterocycles. The van der Waals surface area contributed by atoms with Gasteiger partial charge in [-0.25, -0.2) is 0 Å². The lowest BCUT2D eigenvalue weighted by Crippen LogP contribution is -2.27. The van der Waals surface area contributed by atoms with E-state index in [1.807, 2.05) is 83.7 Å². The Kier molecular flexibility index (Phi) is 4.83. The predicted octanol–water partition coefficient (Wildman–Crippen LogP) is 4.89. The zero-order valence-corrected chi connectivity index (χ0v) is 16.2. The summed E-state index contributed by atoms with van der Waals surface area (Å²) in [5, 5.41) is 0. The van der Waals surface area contributed by atoms with Crippen molar-refractivity contribution in [2.75, 3.05) is 12.0 Å². The fraction of sp³-hybridized carbons (Fsp3) is 0.0476. The Morgan fingerprint density at radius 1 is 1.00 bits per heavy atom. The Balaban J connectivity index is 1.58. The molecule has 0 N–H and O–H groups in total. The molecule has 134 valence electrons. The van der Waals surface area contributed by atoms with Gasteiger partial charge in [0.2, 0.25) is 0 Å². The van der Waals surface area contributed by atoms with Gasteiger partial charge >= 0.3 is 0 Å². The summed E-state index contributed by atoms with van der Waals surface area (Å²) in [6, 6.07) is 19.2. The number of thiocarbonyl (C=S) groups is 1. The molecule has 0 aliphatic carbocycles.